The summed E-state index contributed by atoms with van der Waals surface area (Å²) in [4.78, 5) is 12.3. The van der Waals surface area contributed by atoms with E-state index < -0.39 is 10.0 Å². The molecule has 0 saturated carbocycles. The van der Waals surface area contributed by atoms with Crippen molar-refractivity contribution in [2.24, 2.45) is 0 Å². The monoisotopic (exact) mass is 389 g/mol. The maximum Gasteiger partial charge on any atom is 0.315 e. The van der Waals surface area contributed by atoms with Crippen molar-refractivity contribution in [1.82, 2.24) is 14.9 Å². The molecule has 7 heteroatoms. The van der Waals surface area contributed by atoms with E-state index in [9.17, 15) is 13.2 Å². The first-order valence-electron chi connectivity index (χ1n) is 9.02. The van der Waals surface area contributed by atoms with Gasteiger partial charge in [-0.1, -0.05) is 60.7 Å². The molecular formula is C20H27N3O3S. The smallest absolute Gasteiger partial charge is 0.315 e. The molecule has 0 unspecified atom stereocenters. The third-order valence-electron chi connectivity index (χ3n) is 4.32. The summed E-state index contributed by atoms with van der Waals surface area (Å²) in [7, 11) is -1.63. The molecule has 2 amide bonds. The number of hydrogen-bond donors (Lipinski definition) is 2. The number of hydrogen-bond acceptors (Lipinski definition) is 3. The second kappa shape index (κ2) is 10.1. The Morgan fingerprint density at radius 3 is 2.00 bits per heavy atom. The molecule has 6 nitrogen and oxygen atoms in total. The van der Waals surface area contributed by atoms with Crippen LogP contribution in [0.25, 0.3) is 0 Å². The molecule has 0 atom stereocenters. The van der Waals surface area contributed by atoms with E-state index in [1.54, 1.807) is 14.0 Å². The van der Waals surface area contributed by atoms with Gasteiger partial charge in [0.15, 0.2) is 0 Å². The Balaban J connectivity index is 1.91. The molecule has 0 bridgehead atoms. The molecule has 2 aromatic carbocycles. The SMILES string of the molecule is CCS(=O)(=O)N(C)CCCNC(=O)NC(c1ccccc1)c1ccccc1. The van der Waals surface area contributed by atoms with Crippen LogP contribution < -0.4 is 10.6 Å². The lowest BCUT2D eigenvalue weighted by molar-refractivity contribution is 0.238. The topological polar surface area (TPSA) is 78.5 Å². The van der Waals surface area contributed by atoms with Crippen molar-refractivity contribution in [3.63, 3.8) is 0 Å². The van der Waals surface area contributed by atoms with Gasteiger partial charge in [0.2, 0.25) is 10.0 Å². The number of urea groups is 1. The predicted molar refractivity (Wildman–Crippen MR) is 108 cm³/mol. The lowest BCUT2D eigenvalue weighted by atomic mass is 9.99. The van der Waals surface area contributed by atoms with E-state index >= 15 is 0 Å². The van der Waals surface area contributed by atoms with Crippen LogP contribution in [0.15, 0.2) is 60.7 Å². The first kappa shape index (κ1) is 20.9. The minimum atomic E-state index is -3.18. The molecule has 0 aliphatic heterocycles. The number of amides is 2. The Hall–Kier alpha value is -2.38. The molecule has 0 spiro atoms. The summed E-state index contributed by atoms with van der Waals surface area (Å²) >= 11 is 0. The summed E-state index contributed by atoms with van der Waals surface area (Å²) in [5, 5.41) is 5.80. The van der Waals surface area contributed by atoms with E-state index in [2.05, 4.69) is 10.6 Å². The Labute approximate surface area is 161 Å². The van der Waals surface area contributed by atoms with E-state index in [0.29, 0.717) is 19.5 Å². The average Bonchev–Trinajstić information content (AvgIpc) is 2.70. The number of nitrogens with zero attached hydrogens (tertiary/aromatic N) is 1. The fourth-order valence-corrected chi connectivity index (χ4v) is 3.54. The van der Waals surface area contributed by atoms with Gasteiger partial charge >= 0.3 is 6.03 Å². The zero-order chi connectivity index (χ0) is 19.7. The molecule has 27 heavy (non-hydrogen) atoms. The van der Waals surface area contributed by atoms with Crippen LogP contribution in [0.4, 0.5) is 4.79 Å². The number of rotatable bonds is 9. The van der Waals surface area contributed by atoms with Crippen molar-refractivity contribution in [2.45, 2.75) is 19.4 Å². The van der Waals surface area contributed by atoms with Crippen molar-refractivity contribution in [1.29, 1.82) is 0 Å². The zero-order valence-electron chi connectivity index (χ0n) is 15.8. The van der Waals surface area contributed by atoms with Crippen LogP contribution in [0.2, 0.25) is 0 Å². The summed E-state index contributed by atoms with van der Waals surface area (Å²) in [6, 6.07) is 19.0. The second-order valence-corrected chi connectivity index (χ2v) is 8.59. The van der Waals surface area contributed by atoms with Gasteiger partial charge in [0.1, 0.15) is 0 Å². The minimum absolute atomic E-state index is 0.0766. The van der Waals surface area contributed by atoms with Crippen LogP contribution in [-0.4, -0.2) is 44.6 Å². The molecule has 2 aromatic rings. The maximum atomic E-state index is 12.3. The molecule has 0 heterocycles. The summed E-state index contributed by atoms with van der Waals surface area (Å²) in [6.07, 6.45) is 0.546. The van der Waals surface area contributed by atoms with Gasteiger partial charge in [0.25, 0.3) is 0 Å². The fraction of sp³-hybridized carbons (Fsp3) is 0.350. The van der Waals surface area contributed by atoms with Gasteiger partial charge in [0.05, 0.1) is 11.8 Å². The third-order valence-corrected chi connectivity index (χ3v) is 6.18. The molecule has 0 fully saturated rings. The molecular weight excluding hydrogens is 362 g/mol. The van der Waals surface area contributed by atoms with Crippen LogP contribution in [0.5, 0.6) is 0 Å². The maximum absolute atomic E-state index is 12.3. The Bertz CT molecular complexity index is 771. The Kier molecular flexibility index (Phi) is 7.82. The van der Waals surface area contributed by atoms with Crippen molar-refractivity contribution in [2.75, 3.05) is 25.9 Å². The van der Waals surface area contributed by atoms with Crippen LogP contribution in [-0.2, 0) is 10.0 Å². The summed E-state index contributed by atoms with van der Waals surface area (Å²) in [5.41, 5.74) is 1.99. The van der Waals surface area contributed by atoms with E-state index in [1.807, 2.05) is 60.7 Å². The van der Waals surface area contributed by atoms with Gasteiger partial charge in [0, 0.05) is 20.1 Å². The van der Waals surface area contributed by atoms with Crippen molar-refractivity contribution >= 4 is 16.1 Å². The molecule has 0 aliphatic carbocycles. The Morgan fingerprint density at radius 2 is 1.52 bits per heavy atom. The molecule has 0 saturated heterocycles. The van der Waals surface area contributed by atoms with Crippen LogP contribution in [0, 0.1) is 0 Å². The summed E-state index contributed by atoms with van der Waals surface area (Å²) < 4.78 is 24.7. The van der Waals surface area contributed by atoms with Crippen molar-refractivity contribution in [3.8, 4) is 0 Å². The highest BCUT2D eigenvalue weighted by molar-refractivity contribution is 7.89. The van der Waals surface area contributed by atoms with Gasteiger partial charge in [-0.25, -0.2) is 17.5 Å². The van der Waals surface area contributed by atoms with Gasteiger partial charge in [-0.05, 0) is 24.5 Å². The van der Waals surface area contributed by atoms with Crippen molar-refractivity contribution < 1.29 is 13.2 Å². The molecule has 2 rings (SSSR count). The van der Waals surface area contributed by atoms with E-state index in [0.717, 1.165) is 11.1 Å². The number of sulfonamides is 1. The number of nitrogens with one attached hydrogen (secondary N) is 2. The highest BCUT2D eigenvalue weighted by Crippen LogP contribution is 2.21. The quantitative estimate of drug-likeness (QED) is 0.647. The Morgan fingerprint density at radius 1 is 1.00 bits per heavy atom. The van der Waals surface area contributed by atoms with Crippen molar-refractivity contribution in [3.05, 3.63) is 71.8 Å². The van der Waals surface area contributed by atoms with Gasteiger partial charge in [-0.2, -0.15) is 0 Å². The molecule has 0 aromatic heterocycles. The minimum Gasteiger partial charge on any atom is -0.338 e. The van der Waals surface area contributed by atoms with Crippen LogP contribution >= 0.6 is 0 Å². The van der Waals surface area contributed by atoms with Gasteiger partial charge < -0.3 is 10.6 Å². The molecule has 146 valence electrons. The molecule has 2 N–H and O–H groups in total. The lowest BCUT2D eigenvalue weighted by Crippen LogP contribution is -2.39. The largest absolute Gasteiger partial charge is 0.338 e. The highest BCUT2D eigenvalue weighted by Gasteiger charge is 2.17. The van der Waals surface area contributed by atoms with Gasteiger partial charge in [-0.3, -0.25) is 0 Å². The first-order valence-corrected chi connectivity index (χ1v) is 10.6. The highest BCUT2D eigenvalue weighted by atomic mass is 32.2. The predicted octanol–water partition coefficient (Wildman–Crippen LogP) is 2.75. The fourth-order valence-electron chi connectivity index (χ4n) is 2.70. The molecule has 0 aliphatic rings. The standard InChI is InChI=1S/C20H27N3O3S/c1-3-27(25,26)23(2)16-10-15-21-20(24)22-19(17-11-6-4-7-12-17)18-13-8-5-9-14-18/h4-9,11-14,19H,3,10,15-16H2,1-2H3,(H2,21,22,24). The number of benzene rings is 2. The van der Waals surface area contributed by atoms with Crippen LogP contribution in [0.1, 0.15) is 30.5 Å². The number of carbonyl (C=O) groups is 1. The lowest BCUT2D eigenvalue weighted by Gasteiger charge is -2.20. The summed E-state index contributed by atoms with van der Waals surface area (Å²) in [5.74, 6) is 0.0766. The number of carbonyl (C=O) groups excluding carboxylic acids is 1. The third kappa shape index (κ3) is 6.37. The van der Waals surface area contributed by atoms with Crippen LogP contribution in [0.3, 0.4) is 0 Å². The summed E-state index contributed by atoms with van der Waals surface area (Å²) in [6.45, 7) is 2.38. The first-order chi connectivity index (χ1) is 12.9. The normalized spacial score (nSPS) is 11.6. The van der Waals surface area contributed by atoms with Gasteiger partial charge in [-0.15, -0.1) is 0 Å². The van der Waals surface area contributed by atoms with E-state index in [4.69, 9.17) is 0 Å². The average molecular weight is 390 g/mol. The van der Waals surface area contributed by atoms with E-state index in [1.165, 1.54) is 4.31 Å². The molecule has 0 radical (unpaired) electrons. The zero-order valence-corrected chi connectivity index (χ0v) is 16.6. The van der Waals surface area contributed by atoms with E-state index in [-0.39, 0.29) is 17.8 Å². The second-order valence-electron chi connectivity index (χ2n) is 6.23.